The Morgan fingerprint density at radius 3 is 2.40 bits per heavy atom. The summed E-state index contributed by atoms with van der Waals surface area (Å²) in [6.45, 7) is 4.78. The van der Waals surface area contributed by atoms with Gasteiger partial charge in [-0.1, -0.05) is 48.5 Å². The number of nitrogens with zero attached hydrogens (tertiary/aromatic N) is 4. The maximum atomic E-state index is 11.9. The van der Waals surface area contributed by atoms with E-state index in [0.717, 1.165) is 23.5 Å². The van der Waals surface area contributed by atoms with Crippen LogP contribution in [0.2, 0.25) is 0 Å². The molecule has 0 radical (unpaired) electrons. The second-order valence-electron chi connectivity index (χ2n) is 8.51. The molecule has 0 aliphatic carbocycles. The smallest absolute Gasteiger partial charge is 0.231 e. The average molecular weight is 474 g/mol. The van der Waals surface area contributed by atoms with Crippen molar-refractivity contribution < 1.29 is 9.59 Å². The number of rotatable bonds is 9. The van der Waals surface area contributed by atoms with E-state index < -0.39 is 0 Å². The Labute approximate surface area is 205 Å². The summed E-state index contributed by atoms with van der Waals surface area (Å²) in [5, 5.41) is 6.08. The van der Waals surface area contributed by atoms with Gasteiger partial charge < -0.3 is 21.3 Å². The number of carbonyl (C=O) groups excluding carboxylic acids is 2. The van der Waals surface area contributed by atoms with Gasteiger partial charge in [0.05, 0.1) is 18.3 Å². The minimum Gasteiger partial charge on any atom is -0.369 e. The first-order chi connectivity index (χ1) is 17.0. The van der Waals surface area contributed by atoms with Crippen LogP contribution in [0.4, 0.5) is 11.5 Å². The summed E-state index contributed by atoms with van der Waals surface area (Å²) in [7, 11) is 0. The molecule has 3 aromatic rings. The number of piperazine rings is 1. The number of anilines is 2. The van der Waals surface area contributed by atoms with Crippen LogP contribution in [-0.2, 0) is 9.59 Å². The Morgan fingerprint density at radius 2 is 1.71 bits per heavy atom. The van der Waals surface area contributed by atoms with E-state index >= 15 is 0 Å². The van der Waals surface area contributed by atoms with Crippen LogP contribution in [0, 0.1) is 0 Å². The first-order valence-corrected chi connectivity index (χ1v) is 11.7. The van der Waals surface area contributed by atoms with Crippen molar-refractivity contribution in [1.29, 1.82) is 0 Å². The van der Waals surface area contributed by atoms with Crippen LogP contribution in [-0.4, -0.2) is 66.0 Å². The van der Waals surface area contributed by atoms with Crippen molar-refractivity contribution in [3.05, 3.63) is 72.4 Å². The second kappa shape index (κ2) is 11.4. The first kappa shape index (κ1) is 24.2. The largest absolute Gasteiger partial charge is 0.369 e. The number of amides is 2. The highest BCUT2D eigenvalue weighted by atomic mass is 16.1. The molecule has 4 N–H and O–H groups in total. The monoisotopic (exact) mass is 473 g/mol. The van der Waals surface area contributed by atoms with Crippen LogP contribution in [0.3, 0.4) is 0 Å². The molecule has 1 atom stereocenters. The van der Waals surface area contributed by atoms with E-state index in [4.69, 9.17) is 15.7 Å². The summed E-state index contributed by atoms with van der Waals surface area (Å²) >= 11 is 0. The summed E-state index contributed by atoms with van der Waals surface area (Å²) in [5.74, 6) is 0.815. The van der Waals surface area contributed by atoms with Crippen molar-refractivity contribution in [2.75, 3.05) is 49.5 Å². The van der Waals surface area contributed by atoms with Gasteiger partial charge in [-0.05, 0) is 12.1 Å². The summed E-state index contributed by atoms with van der Waals surface area (Å²) in [6, 6.07) is 21.8. The number of aromatic nitrogens is 2. The molecule has 4 rings (SSSR count). The molecule has 9 heteroatoms. The van der Waals surface area contributed by atoms with Gasteiger partial charge in [-0.3, -0.25) is 14.5 Å². The van der Waals surface area contributed by atoms with Crippen molar-refractivity contribution in [2.24, 2.45) is 5.73 Å². The number of para-hydroxylation sites is 1. The van der Waals surface area contributed by atoms with E-state index in [0.29, 0.717) is 37.8 Å². The van der Waals surface area contributed by atoms with Gasteiger partial charge in [0.2, 0.25) is 11.8 Å². The zero-order chi connectivity index (χ0) is 24.6. The van der Waals surface area contributed by atoms with E-state index in [1.807, 2.05) is 54.6 Å². The van der Waals surface area contributed by atoms with Gasteiger partial charge in [0.1, 0.15) is 5.82 Å². The second-order valence-corrected chi connectivity index (χ2v) is 8.51. The van der Waals surface area contributed by atoms with Gasteiger partial charge in [-0.2, -0.15) is 0 Å². The topological polar surface area (TPSA) is 116 Å². The summed E-state index contributed by atoms with van der Waals surface area (Å²) < 4.78 is 0. The third kappa shape index (κ3) is 6.54. The third-order valence-electron chi connectivity index (χ3n) is 5.90. The fraction of sp³-hybridized carbons (Fsp3) is 0.308. The van der Waals surface area contributed by atoms with Crippen molar-refractivity contribution in [3.8, 4) is 11.4 Å². The molecular formula is C26H31N7O2. The van der Waals surface area contributed by atoms with Crippen LogP contribution in [0.5, 0.6) is 0 Å². The van der Waals surface area contributed by atoms with Crippen LogP contribution < -0.4 is 21.3 Å². The molecular weight excluding hydrogens is 442 g/mol. The van der Waals surface area contributed by atoms with Crippen LogP contribution >= 0.6 is 0 Å². The highest BCUT2D eigenvalue weighted by molar-refractivity contribution is 5.76. The summed E-state index contributed by atoms with van der Waals surface area (Å²) in [5.41, 5.74) is 8.43. The predicted octanol–water partition coefficient (Wildman–Crippen LogP) is 2.04. The average Bonchev–Trinajstić information content (AvgIpc) is 2.87. The lowest BCUT2D eigenvalue weighted by atomic mass is 10.1. The molecule has 2 amide bonds. The molecule has 0 saturated carbocycles. The number of nitrogens with one attached hydrogen (secondary N) is 2. The lowest BCUT2D eigenvalue weighted by molar-refractivity contribution is -0.120. The zero-order valence-electron chi connectivity index (χ0n) is 19.9. The van der Waals surface area contributed by atoms with E-state index in [2.05, 4.69) is 32.6 Å². The number of benzene rings is 2. The first-order valence-electron chi connectivity index (χ1n) is 11.7. The molecule has 9 nitrogen and oxygen atoms in total. The quantitative estimate of drug-likeness (QED) is 0.407. The van der Waals surface area contributed by atoms with Crippen LogP contribution in [0.25, 0.3) is 11.4 Å². The van der Waals surface area contributed by atoms with E-state index in [1.165, 1.54) is 6.92 Å². The molecule has 2 heterocycles. The standard InChI is InChI=1S/C26H31N7O2/c1-19(34)28-12-13-29-25-16-22(30-26(31-25)20-8-4-2-5-9-20)23-17-32(21-10-6-3-7-11-21)14-15-33(23)18-24(27)35/h2-11,16,23H,12-15,17-18H2,1H3,(H2,27,35)(H,28,34)(H,29,30,31). The molecule has 1 aromatic heterocycles. The minimum atomic E-state index is -0.367. The minimum absolute atomic E-state index is 0.0783. The molecule has 0 spiro atoms. The number of nitrogens with two attached hydrogens (primary N) is 1. The van der Waals surface area contributed by atoms with Crippen molar-refractivity contribution >= 4 is 23.3 Å². The lowest BCUT2D eigenvalue weighted by Crippen LogP contribution is -2.51. The van der Waals surface area contributed by atoms with Gasteiger partial charge in [0.25, 0.3) is 0 Å². The Balaban J connectivity index is 1.67. The molecule has 0 bridgehead atoms. The number of primary amides is 1. The van der Waals surface area contributed by atoms with Crippen LogP contribution in [0.15, 0.2) is 66.7 Å². The van der Waals surface area contributed by atoms with Crippen LogP contribution in [0.1, 0.15) is 18.7 Å². The Hall–Kier alpha value is -3.98. The third-order valence-corrected chi connectivity index (χ3v) is 5.90. The van der Waals surface area contributed by atoms with Gasteiger partial charge in [-0.15, -0.1) is 0 Å². The Kier molecular flexibility index (Phi) is 7.89. The van der Waals surface area contributed by atoms with E-state index in [9.17, 15) is 9.59 Å². The van der Waals surface area contributed by atoms with Crippen molar-refractivity contribution in [3.63, 3.8) is 0 Å². The number of carbonyl (C=O) groups is 2. The molecule has 1 aliphatic heterocycles. The zero-order valence-corrected chi connectivity index (χ0v) is 19.9. The van der Waals surface area contributed by atoms with Gasteiger partial charge in [-0.25, -0.2) is 9.97 Å². The van der Waals surface area contributed by atoms with Gasteiger partial charge in [0.15, 0.2) is 5.82 Å². The van der Waals surface area contributed by atoms with E-state index in [-0.39, 0.29) is 24.4 Å². The Bertz CT molecular complexity index is 1140. The maximum Gasteiger partial charge on any atom is 0.231 e. The fourth-order valence-corrected chi connectivity index (χ4v) is 4.24. The van der Waals surface area contributed by atoms with E-state index in [1.54, 1.807) is 0 Å². The maximum absolute atomic E-state index is 11.9. The molecule has 182 valence electrons. The molecule has 2 aromatic carbocycles. The summed E-state index contributed by atoms with van der Waals surface area (Å²) in [4.78, 5) is 37.1. The number of hydrogen-bond acceptors (Lipinski definition) is 7. The molecule has 1 unspecified atom stereocenters. The fourth-order valence-electron chi connectivity index (χ4n) is 4.24. The molecule has 1 aliphatic rings. The van der Waals surface area contributed by atoms with Gasteiger partial charge in [0, 0.05) is 57.0 Å². The van der Waals surface area contributed by atoms with Gasteiger partial charge >= 0.3 is 0 Å². The molecule has 1 fully saturated rings. The van der Waals surface area contributed by atoms with Crippen molar-refractivity contribution in [2.45, 2.75) is 13.0 Å². The normalized spacial score (nSPS) is 16.0. The molecule has 1 saturated heterocycles. The highest BCUT2D eigenvalue weighted by Crippen LogP contribution is 2.30. The van der Waals surface area contributed by atoms with Crippen molar-refractivity contribution in [1.82, 2.24) is 20.2 Å². The number of hydrogen-bond donors (Lipinski definition) is 3. The molecule has 35 heavy (non-hydrogen) atoms. The summed E-state index contributed by atoms with van der Waals surface area (Å²) in [6.07, 6.45) is 0. The predicted molar refractivity (Wildman–Crippen MR) is 137 cm³/mol. The highest BCUT2D eigenvalue weighted by Gasteiger charge is 2.31. The SMILES string of the molecule is CC(=O)NCCNc1cc(C2CN(c3ccccc3)CCN2CC(N)=O)nc(-c2ccccc2)n1. The Morgan fingerprint density at radius 1 is 1.00 bits per heavy atom. The lowest BCUT2D eigenvalue weighted by Gasteiger charge is -2.41.